The highest BCUT2D eigenvalue weighted by atomic mass is 16.3. The molecule has 5 N–H and O–H groups in total. The molecule has 2 rings (SSSR count). The van der Waals surface area contributed by atoms with Crippen LogP contribution in [0.3, 0.4) is 0 Å². The molecule has 6 heteroatoms. The number of carbonyl (C=O) groups is 1. The molecular formula is C12H14N4O2. The van der Waals surface area contributed by atoms with Crippen LogP contribution in [0.2, 0.25) is 0 Å². The van der Waals surface area contributed by atoms with Crippen LogP contribution in [0.4, 0.5) is 5.82 Å². The number of hydrogen-bond acceptors (Lipinski definition) is 4. The number of aromatic nitrogens is 2. The Morgan fingerprint density at radius 3 is 2.72 bits per heavy atom. The molecule has 0 aliphatic heterocycles. The number of phenols is 1. The van der Waals surface area contributed by atoms with E-state index >= 15 is 0 Å². The van der Waals surface area contributed by atoms with Gasteiger partial charge in [-0.3, -0.25) is 9.89 Å². The van der Waals surface area contributed by atoms with E-state index in [4.69, 9.17) is 10.8 Å². The number of nitrogens with two attached hydrogens (primary N) is 1. The quantitative estimate of drug-likeness (QED) is 0.635. The fourth-order valence-corrected chi connectivity index (χ4v) is 1.53. The summed E-state index contributed by atoms with van der Waals surface area (Å²) in [5.41, 5.74) is 6.68. The fraction of sp³-hybridized carbons (Fsp3) is 0.167. The van der Waals surface area contributed by atoms with Crippen molar-refractivity contribution < 1.29 is 9.90 Å². The second kappa shape index (κ2) is 5.33. The highest BCUT2D eigenvalue weighted by Crippen LogP contribution is 2.11. The Hall–Kier alpha value is -2.34. The summed E-state index contributed by atoms with van der Waals surface area (Å²) in [6.07, 6.45) is 1.95. The summed E-state index contributed by atoms with van der Waals surface area (Å²) >= 11 is 0. The number of hydrogen-bond donors (Lipinski definition) is 4. The second-order valence-electron chi connectivity index (χ2n) is 3.94. The molecule has 0 bridgehead atoms. The van der Waals surface area contributed by atoms with Crippen molar-refractivity contribution in [1.29, 1.82) is 0 Å². The van der Waals surface area contributed by atoms with E-state index in [2.05, 4.69) is 15.5 Å². The van der Waals surface area contributed by atoms with Crippen LogP contribution in [0.1, 0.15) is 5.56 Å². The lowest BCUT2D eigenvalue weighted by Gasteiger charge is -2.11. The number of amides is 1. The normalized spacial score (nSPS) is 12.1. The van der Waals surface area contributed by atoms with E-state index in [0.717, 1.165) is 5.56 Å². The van der Waals surface area contributed by atoms with Gasteiger partial charge >= 0.3 is 0 Å². The van der Waals surface area contributed by atoms with Gasteiger partial charge in [0.15, 0.2) is 0 Å². The Kier molecular flexibility index (Phi) is 3.59. The zero-order valence-electron chi connectivity index (χ0n) is 9.63. The van der Waals surface area contributed by atoms with Gasteiger partial charge in [-0.15, -0.1) is 0 Å². The van der Waals surface area contributed by atoms with Gasteiger partial charge in [0, 0.05) is 6.07 Å². The van der Waals surface area contributed by atoms with E-state index in [1.807, 2.05) is 0 Å². The molecule has 1 atom stereocenters. The van der Waals surface area contributed by atoms with Gasteiger partial charge in [-0.05, 0) is 24.1 Å². The fourth-order valence-electron chi connectivity index (χ4n) is 1.53. The maximum Gasteiger partial charge on any atom is 0.242 e. The Morgan fingerprint density at radius 2 is 2.11 bits per heavy atom. The minimum atomic E-state index is -0.655. The topological polar surface area (TPSA) is 104 Å². The van der Waals surface area contributed by atoms with Crippen molar-refractivity contribution in [3.63, 3.8) is 0 Å². The summed E-state index contributed by atoms with van der Waals surface area (Å²) in [6.45, 7) is 0. The summed E-state index contributed by atoms with van der Waals surface area (Å²) in [4.78, 5) is 11.7. The van der Waals surface area contributed by atoms with Crippen molar-refractivity contribution in [2.75, 3.05) is 5.32 Å². The third kappa shape index (κ3) is 3.08. The number of aromatic hydroxyl groups is 1. The Balaban J connectivity index is 1.93. The van der Waals surface area contributed by atoms with Crippen LogP contribution in [0.5, 0.6) is 5.75 Å². The lowest BCUT2D eigenvalue weighted by Crippen LogP contribution is -2.37. The monoisotopic (exact) mass is 246 g/mol. The van der Waals surface area contributed by atoms with E-state index in [-0.39, 0.29) is 11.7 Å². The van der Waals surface area contributed by atoms with Gasteiger partial charge in [0.25, 0.3) is 0 Å². The molecule has 94 valence electrons. The molecular weight excluding hydrogens is 232 g/mol. The first kappa shape index (κ1) is 12.1. The first-order chi connectivity index (χ1) is 8.65. The van der Waals surface area contributed by atoms with E-state index < -0.39 is 6.04 Å². The van der Waals surface area contributed by atoms with Gasteiger partial charge in [0.1, 0.15) is 11.6 Å². The highest BCUT2D eigenvalue weighted by molar-refractivity contribution is 5.93. The third-order valence-electron chi connectivity index (χ3n) is 2.49. The van der Waals surface area contributed by atoms with E-state index in [9.17, 15) is 4.79 Å². The van der Waals surface area contributed by atoms with E-state index in [0.29, 0.717) is 12.2 Å². The summed E-state index contributed by atoms with van der Waals surface area (Å²) in [5.74, 6) is 0.419. The lowest BCUT2D eigenvalue weighted by molar-refractivity contribution is -0.117. The van der Waals surface area contributed by atoms with Gasteiger partial charge in [0.05, 0.1) is 12.2 Å². The zero-order valence-corrected chi connectivity index (χ0v) is 9.63. The van der Waals surface area contributed by atoms with Crippen LogP contribution in [0.25, 0.3) is 0 Å². The standard InChI is InChI=1S/C12H14N4O2/c13-10(7-8-1-3-9(17)4-2-8)12(18)15-11-5-6-14-16-11/h1-6,10,17H,7,13H2,(H2,14,15,16,18)/t10-/m0/s1. The molecule has 0 fully saturated rings. The minimum absolute atomic E-state index is 0.189. The lowest BCUT2D eigenvalue weighted by atomic mass is 10.1. The van der Waals surface area contributed by atoms with Crippen LogP contribution in [-0.4, -0.2) is 27.3 Å². The van der Waals surface area contributed by atoms with Crippen LogP contribution < -0.4 is 11.1 Å². The summed E-state index contributed by atoms with van der Waals surface area (Å²) in [7, 11) is 0. The van der Waals surface area contributed by atoms with Crippen molar-refractivity contribution in [2.45, 2.75) is 12.5 Å². The second-order valence-corrected chi connectivity index (χ2v) is 3.94. The molecule has 1 heterocycles. The zero-order chi connectivity index (χ0) is 13.0. The number of nitrogens with zero attached hydrogens (tertiary/aromatic N) is 1. The average Bonchev–Trinajstić information content (AvgIpc) is 2.85. The minimum Gasteiger partial charge on any atom is -0.508 e. The molecule has 0 aliphatic carbocycles. The largest absolute Gasteiger partial charge is 0.508 e. The van der Waals surface area contributed by atoms with Crippen LogP contribution >= 0.6 is 0 Å². The summed E-state index contributed by atoms with van der Waals surface area (Å²) in [6, 6.07) is 7.59. The smallest absolute Gasteiger partial charge is 0.242 e. The Morgan fingerprint density at radius 1 is 1.39 bits per heavy atom. The van der Waals surface area contributed by atoms with Gasteiger partial charge in [0.2, 0.25) is 5.91 Å². The Bertz CT molecular complexity index is 507. The molecule has 1 amide bonds. The first-order valence-electron chi connectivity index (χ1n) is 5.49. The van der Waals surface area contributed by atoms with E-state index in [1.54, 1.807) is 36.5 Å². The number of aromatic amines is 1. The molecule has 0 saturated heterocycles. The number of carbonyl (C=O) groups excluding carboxylic acids is 1. The first-order valence-corrected chi connectivity index (χ1v) is 5.49. The number of phenolic OH excluding ortho intramolecular Hbond substituents is 1. The molecule has 1 aromatic carbocycles. The Labute approximate surface area is 104 Å². The van der Waals surface area contributed by atoms with Crippen molar-refractivity contribution in [1.82, 2.24) is 10.2 Å². The maximum absolute atomic E-state index is 11.7. The molecule has 18 heavy (non-hydrogen) atoms. The van der Waals surface area contributed by atoms with Crippen LogP contribution in [-0.2, 0) is 11.2 Å². The van der Waals surface area contributed by atoms with E-state index in [1.165, 1.54) is 0 Å². The van der Waals surface area contributed by atoms with Gasteiger partial charge in [-0.1, -0.05) is 12.1 Å². The predicted molar refractivity (Wildman–Crippen MR) is 67.0 cm³/mol. The predicted octanol–water partition coefficient (Wildman–Crippen LogP) is 0.624. The molecule has 0 aliphatic rings. The number of H-pyrrole nitrogens is 1. The number of nitrogens with one attached hydrogen (secondary N) is 2. The molecule has 0 radical (unpaired) electrons. The molecule has 1 aromatic heterocycles. The van der Waals surface area contributed by atoms with Crippen molar-refractivity contribution in [3.8, 4) is 5.75 Å². The van der Waals surface area contributed by atoms with Crippen molar-refractivity contribution in [2.24, 2.45) is 5.73 Å². The van der Waals surface area contributed by atoms with Crippen molar-refractivity contribution >= 4 is 11.7 Å². The molecule has 6 nitrogen and oxygen atoms in total. The SMILES string of the molecule is N[C@@H](Cc1ccc(O)cc1)C(=O)Nc1ccn[nH]1. The summed E-state index contributed by atoms with van der Waals surface area (Å²) in [5, 5.41) is 18.1. The van der Waals surface area contributed by atoms with Crippen LogP contribution in [0, 0.1) is 0 Å². The van der Waals surface area contributed by atoms with Crippen LogP contribution in [0.15, 0.2) is 36.5 Å². The molecule has 0 unspecified atom stereocenters. The third-order valence-corrected chi connectivity index (χ3v) is 2.49. The molecule has 2 aromatic rings. The van der Waals surface area contributed by atoms with Gasteiger partial charge < -0.3 is 16.2 Å². The van der Waals surface area contributed by atoms with Gasteiger partial charge in [-0.25, -0.2) is 0 Å². The average molecular weight is 246 g/mol. The van der Waals surface area contributed by atoms with Gasteiger partial charge in [-0.2, -0.15) is 5.10 Å². The van der Waals surface area contributed by atoms with Crippen molar-refractivity contribution in [3.05, 3.63) is 42.1 Å². The molecule has 0 spiro atoms. The number of rotatable bonds is 4. The highest BCUT2D eigenvalue weighted by Gasteiger charge is 2.14. The number of benzene rings is 1. The maximum atomic E-state index is 11.7. The summed E-state index contributed by atoms with van der Waals surface area (Å²) < 4.78 is 0. The number of anilines is 1. The molecule has 0 saturated carbocycles.